The number of hydrogen-bond acceptors (Lipinski definition) is 6. The molecule has 0 saturated heterocycles. The number of anilines is 2. The number of nitrogens with one attached hydrogen (secondary N) is 1. The Kier molecular flexibility index (Phi) is 5.73. The Labute approximate surface area is 201 Å². The van der Waals surface area contributed by atoms with Gasteiger partial charge in [-0.3, -0.25) is 0 Å². The first-order valence-electron chi connectivity index (χ1n) is 10.9. The molecule has 5 rings (SSSR count). The topological polar surface area (TPSA) is 91.8 Å². The molecular formula is C27H20FN7. The van der Waals surface area contributed by atoms with E-state index in [4.69, 9.17) is 15.2 Å². The Hall–Kier alpha value is -4.90. The quantitative estimate of drug-likeness (QED) is 0.272. The minimum Gasteiger partial charge on any atom is -0.336 e. The van der Waals surface area contributed by atoms with E-state index in [2.05, 4.69) is 15.3 Å². The van der Waals surface area contributed by atoms with Crippen molar-refractivity contribution in [3.05, 3.63) is 107 Å². The minimum atomic E-state index is -0.771. The van der Waals surface area contributed by atoms with E-state index in [-0.39, 0.29) is 11.4 Å². The van der Waals surface area contributed by atoms with Crippen LogP contribution in [0, 0.1) is 24.2 Å². The normalized spacial score (nSPS) is 10.7. The largest absolute Gasteiger partial charge is 0.336 e. The molecule has 0 spiro atoms. The molecule has 0 aliphatic heterocycles. The summed E-state index contributed by atoms with van der Waals surface area (Å²) in [5, 5.41) is 12.1. The van der Waals surface area contributed by atoms with Gasteiger partial charge in [-0.2, -0.15) is 9.65 Å². The third-order valence-corrected chi connectivity index (χ3v) is 5.55. The first-order chi connectivity index (χ1) is 17.0. The predicted molar refractivity (Wildman–Crippen MR) is 134 cm³/mol. The van der Waals surface area contributed by atoms with E-state index >= 15 is 0 Å². The summed E-state index contributed by atoms with van der Waals surface area (Å²) in [6.45, 7) is 1.71. The fourth-order valence-corrected chi connectivity index (χ4v) is 3.82. The Morgan fingerprint density at radius 1 is 1.00 bits per heavy atom. The Balaban J connectivity index is 1.68. The Bertz CT molecular complexity index is 1540. The van der Waals surface area contributed by atoms with Crippen molar-refractivity contribution >= 4 is 34.1 Å². The summed E-state index contributed by atoms with van der Waals surface area (Å²) in [6, 6.07) is 24.9. The Morgan fingerprint density at radius 2 is 1.66 bits per heavy atom. The molecule has 0 aliphatic carbocycles. The predicted octanol–water partition coefficient (Wildman–Crippen LogP) is 5.60. The number of nitrogens with zero attached hydrogens (tertiary/aromatic N) is 6. The van der Waals surface area contributed by atoms with Gasteiger partial charge in [0.05, 0.1) is 23.2 Å². The lowest BCUT2D eigenvalue weighted by Gasteiger charge is -2.12. The smallest absolute Gasteiger partial charge is 0.238 e. The first-order valence-corrected chi connectivity index (χ1v) is 10.9. The zero-order chi connectivity index (χ0) is 24.4. The molecule has 5 aromatic rings. The number of halogens is 1. The zero-order valence-electron chi connectivity index (χ0n) is 19.1. The fourth-order valence-electron chi connectivity index (χ4n) is 3.82. The number of imidazole rings is 1. The van der Waals surface area contributed by atoms with Gasteiger partial charge >= 0.3 is 0 Å². The van der Waals surface area contributed by atoms with Crippen LogP contribution >= 0.6 is 0 Å². The van der Waals surface area contributed by atoms with Crippen molar-refractivity contribution in [3.63, 3.8) is 0 Å². The van der Waals surface area contributed by atoms with Gasteiger partial charge in [0.2, 0.25) is 5.95 Å². The molecule has 0 bridgehead atoms. The van der Waals surface area contributed by atoms with Crippen LogP contribution in [0.5, 0.6) is 0 Å². The molecular weight excluding hydrogens is 441 g/mol. The van der Waals surface area contributed by atoms with Crippen molar-refractivity contribution in [3.8, 4) is 6.07 Å². The van der Waals surface area contributed by atoms with Crippen molar-refractivity contribution in [2.24, 2.45) is 12.0 Å². The minimum absolute atomic E-state index is 0.0150. The number of benzene rings is 2. The molecule has 0 fully saturated rings. The van der Waals surface area contributed by atoms with E-state index in [1.165, 1.54) is 6.07 Å². The van der Waals surface area contributed by atoms with E-state index in [1.54, 1.807) is 19.3 Å². The van der Waals surface area contributed by atoms with Gasteiger partial charge in [0, 0.05) is 24.2 Å². The second kappa shape index (κ2) is 9.15. The maximum absolute atomic E-state index is 14.7. The standard InChI is InChI=1S/C27H20FN7/c1-17-13-20(15-29)31-26(28)23(17)32-22-14-21-25(30-16-35(21)2)27(33-22)34-24(18-9-5-3-6-10-18)19-11-7-4-8-12-19/h3-14,16H,1-2H3,(H,32,33). The molecule has 0 unspecified atom stereocenters. The van der Waals surface area contributed by atoms with Gasteiger partial charge in [-0.1, -0.05) is 60.7 Å². The number of hydrogen-bond donors (Lipinski definition) is 1. The van der Waals surface area contributed by atoms with E-state index < -0.39 is 5.95 Å². The number of fused-ring (bicyclic) bond motifs is 1. The summed E-state index contributed by atoms with van der Waals surface area (Å²) in [5.74, 6) is 0.00886. The average molecular weight is 462 g/mol. The monoisotopic (exact) mass is 461 g/mol. The third kappa shape index (κ3) is 4.35. The highest BCUT2D eigenvalue weighted by molar-refractivity contribution is 6.14. The molecule has 0 saturated carbocycles. The summed E-state index contributed by atoms with van der Waals surface area (Å²) in [4.78, 5) is 17.9. The van der Waals surface area contributed by atoms with Gasteiger partial charge in [0.25, 0.3) is 0 Å². The van der Waals surface area contributed by atoms with Gasteiger partial charge in [0.15, 0.2) is 5.82 Å². The van der Waals surface area contributed by atoms with E-state index in [0.29, 0.717) is 22.7 Å². The van der Waals surface area contributed by atoms with Gasteiger partial charge in [0.1, 0.15) is 23.1 Å². The second-order valence-corrected chi connectivity index (χ2v) is 7.97. The summed E-state index contributed by atoms with van der Waals surface area (Å²) in [7, 11) is 1.87. The molecule has 7 nitrogen and oxygen atoms in total. The molecule has 0 amide bonds. The van der Waals surface area contributed by atoms with Gasteiger partial charge < -0.3 is 9.88 Å². The van der Waals surface area contributed by atoms with Gasteiger partial charge in [-0.25, -0.2) is 19.9 Å². The van der Waals surface area contributed by atoms with Crippen LogP contribution in [0.2, 0.25) is 0 Å². The second-order valence-electron chi connectivity index (χ2n) is 7.97. The molecule has 1 N–H and O–H groups in total. The fraction of sp³-hybridized carbons (Fsp3) is 0.0741. The van der Waals surface area contributed by atoms with Crippen LogP contribution in [0.1, 0.15) is 22.4 Å². The summed E-state index contributed by atoms with van der Waals surface area (Å²) < 4.78 is 16.5. The van der Waals surface area contributed by atoms with E-state index in [0.717, 1.165) is 22.4 Å². The van der Waals surface area contributed by atoms with E-state index in [1.807, 2.05) is 78.3 Å². The molecule has 3 aromatic heterocycles. The van der Waals surface area contributed by atoms with E-state index in [9.17, 15) is 4.39 Å². The van der Waals surface area contributed by atoms with Gasteiger partial charge in [-0.05, 0) is 18.6 Å². The number of aliphatic imine (C=N–C) groups is 1. The van der Waals surface area contributed by atoms with Crippen molar-refractivity contribution in [2.45, 2.75) is 6.92 Å². The molecule has 0 atom stereocenters. The van der Waals surface area contributed by atoms with Crippen molar-refractivity contribution in [2.75, 3.05) is 5.32 Å². The highest BCUT2D eigenvalue weighted by Crippen LogP contribution is 2.30. The number of aryl methyl sites for hydroxylation is 2. The summed E-state index contributed by atoms with van der Waals surface area (Å²) in [5.41, 5.74) is 4.72. The highest BCUT2D eigenvalue weighted by Gasteiger charge is 2.16. The maximum Gasteiger partial charge on any atom is 0.238 e. The summed E-state index contributed by atoms with van der Waals surface area (Å²) >= 11 is 0. The highest BCUT2D eigenvalue weighted by atomic mass is 19.1. The van der Waals surface area contributed by atoms with Crippen LogP contribution in [0.25, 0.3) is 11.0 Å². The van der Waals surface area contributed by atoms with Crippen LogP contribution in [-0.4, -0.2) is 25.2 Å². The van der Waals surface area contributed by atoms with Crippen molar-refractivity contribution < 1.29 is 4.39 Å². The first kappa shape index (κ1) is 21.9. The lowest BCUT2D eigenvalue weighted by atomic mass is 10.0. The van der Waals surface area contributed by atoms with Crippen LogP contribution in [0.3, 0.4) is 0 Å². The molecule has 0 radical (unpaired) electrons. The number of rotatable bonds is 5. The average Bonchev–Trinajstić information content (AvgIpc) is 3.26. The SMILES string of the molecule is Cc1cc(C#N)nc(F)c1Nc1cc2c(ncn2C)c(N=C(c2ccccc2)c2ccccc2)n1. The molecule has 35 heavy (non-hydrogen) atoms. The summed E-state index contributed by atoms with van der Waals surface area (Å²) in [6.07, 6.45) is 1.69. The van der Waals surface area contributed by atoms with Crippen LogP contribution in [-0.2, 0) is 7.05 Å². The third-order valence-electron chi connectivity index (χ3n) is 5.55. The lowest BCUT2D eigenvalue weighted by Crippen LogP contribution is -2.05. The lowest BCUT2D eigenvalue weighted by molar-refractivity contribution is 0.585. The van der Waals surface area contributed by atoms with Crippen LogP contribution in [0.4, 0.5) is 21.7 Å². The molecule has 8 heteroatoms. The number of pyridine rings is 2. The van der Waals surface area contributed by atoms with Crippen LogP contribution < -0.4 is 5.32 Å². The van der Waals surface area contributed by atoms with Crippen molar-refractivity contribution in [1.82, 2.24) is 19.5 Å². The van der Waals surface area contributed by atoms with Crippen LogP contribution in [0.15, 0.2) is 84.1 Å². The molecule has 2 aromatic carbocycles. The Morgan fingerprint density at radius 3 is 2.26 bits per heavy atom. The number of aromatic nitrogens is 4. The van der Waals surface area contributed by atoms with Gasteiger partial charge in [-0.15, -0.1) is 0 Å². The van der Waals surface area contributed by atoms with Crippen molar-refractivity contribution in [1.29, 1.82) is 5.26 Å². The maximum atomic E-state index is 14.7. The molecule has 170 valence electrons. The number of nitriles is 1. The molecule has 3 heterocycles. The molecule has 0 aliphatic rings. The zero-order valence-corrected chi connectivity index (χ0v) is 19.1.